The van der Waals surface area contributed by atoms with Gasteiger partial charge in [0.1, 0.15) is 0 Å². The fourth-order valence-corrected chi connectivity index (χ4v) is 4.11. The molecule has 0 fully saturated rings. The molecular formula is C22H29F3NPS. The summed E-state index contributed by atoms with van der Waals surface area (Å²) in [6.07, 6.45) is 1.83. The second kappa shape index (κ2) is 12.5. The lowest BCUT2D eigenvalue weighted by atomic mass is 10.1. The highest BCUT2D eigenvalue weighted by Gasteiger charge is 2.33. The van der Waals surface area contributed by atoms with E-state index in [0.29, 0.717) is 10.5 Å². The molecule has 0 spiro atoms. The van der Waals surface area contributed by atoms with Crippen molar-refractivity contribution in [3.8, 4) is 0 Å². The van der Waals surface area contributed by atoms with Crippen LogP contribution in [-0.2, 0) is 19.1 Å². The number of halogens is 3. The van der Waals surface area contributed by atoms with Gasteiger partial charge in [0.25, 0.3) is 0 Å². The van der Waals surface area contributed by atoms with E-state index in [2.05, 4.69) is 26.7 Å². The second-order valence-corrected chi connectivity index (χ2v) is 8.53. The summed E-state index contributed by atoms with van der Waals surface area (Å²) in [6, 6.07) is 15.1. The lowest BCUT2D eigenvalue weighted by Gasteiger charge is -2.15. The maximum atomic E-state index is 13.4. The molecule has 0 amide bonds. The fraction of sp³-hybridized carbons (Fsp3) is 0.455. The van der Waals surface area contributed by atoms with Gasteiger partial charge < -0.3 is 5.32 Å². The maximum Gasteiger partial charge on any atom is 0.416 e. The molecule has 0 aromatic heterocycles. The summed E-state index contributed by atoms with van der Waals surface area (Å²) >= 11 is 1.51. The third-order valence-corrected chi connectivity index (χ3v) is 5.97. The molecule has 6 heteroatoms. The second-order valence-electron chi connectivity index (χ2n) is 6.78. The quantitative estimate of drug-likeness (QED) is 0.234. The van der Waals surface area contributed by atoms with E-state index in [-0.39, 0.29) is 6.54 Å². The first-order chi connectivity index (χ1) is 13.5. The van der Waals surface area contributed by atoms with Crippen LogP contribution in [0.4, 0.5) is 13.2 Å². The van der Waals surface area contributed by atoms with Crippen LogP contribution < -0.4 is 5.32 Å². The first-order valence-corrected chi connectivity index (χ1v) is 11.6. The molecule has 1 unspecified atom stereocenters. The van der Waals surface area contributed by atoms with Crippen molar-refractivity contribution in [1.29, 1.82) is 0 Å². The van der Waals surface area contributed by atoms with Crippen molar-refractivity contribution in [3.05, 3.63) is 65.2 Å². The molecule has 0 heterocycles. The Bertz CT molecular complexity index is 692. The molecule has 2 rings (SSSR count). The molecule has 154 valence electrons. The van der Waals surface area contributed by atoms with Gasteiger partial charge >= 0.3 is 6.18 Å². The molecule has 0 radical (unpaired) electrons. The summed E-state index contributed by atoms with van der Waals surface area (Å²) in [6.45, 7) is 0.976. The summed E-state index contributed by atoms with van der Waals surface area (Å²) in [5.41, 5.74) is 1.15. The van der Waals surface area contributed by atoms with Crippen molar-refractivity contribution in [3.63, 3.8) is 0 Å². The molecule has 2 aromatic rings. The predicted octanol–water partition coefficient (Wildman–Crippen LogP) is 6.57. The molecule has 0 saturated carbocycles. The van der Waals surface area contributed by atoms with Crippen LogP contribution in [0.15, 0.2) is 53.4 Å². The zero-order valence-corrected chi connectivity index (χ0v) is 18.1. The first kappa shape index (κ1) is 23.3. The maximum absolute atomic E-state index is 13.4. The number of unbranched alkanes of at least 4 members (excludes halogenated alkanes) is 2. The molecular weight excluding hydrogens is 398 g/mol. The minimum Gasteiger partial charge on any atom is -0.313 e. The number of hydrogen-bond acceptors (Lipinski definition) is 2. The van der Waals surface area contributed by atoms with Gasteiger partial charge in [0, 0.05) is 11.4 Å². The zero-order valence-electron chi connectivity index (χ0n) is 16.1. The summed E-state index contributed by atoms with van der Waals surface area (Å²) in [5, 5.41) is 3.09. The van der Waals surface area contributed by atoms with E-state index in [1.54, 1.807) is 6.07 Å². The average Bonchev–Trinajstić information content (AvgIpc) is 2.68. The highest BCUT2D eigenvalue weighted by Crippen LogP contribution is 2.35. The normalized spacial score (nSPS) is 11.7. The van der Waals surface area contributed by atoms with Crippen LogP contribution in [0.25, 0.3) is 0 Å². The van der Waals surface area contributed by atoms with Gasteiger partial charge in [-0.25, -0.2) is 0 Å². The van der Waals surface area contributed by atoms with Crippen LogP contribution >= 0.6 is 21.0 Å². The smallest absolute Gasteiger partial charge is 0.313 e. The monoisotopic (exact) mass is 427 g/mol. The third-order valence-electron chi connectivity index (χ3n) is 4.48. The number of alkyl halides is 3. The average molecular weight is 428 g/mol. The van der Waals surface area contributed by atoms with Crippen molar-refractivity contribution in [2.24, 2.45) is 0 Å². The van der Waals surface area contributed by atoms with Gasteiger partial charge in [-0.1, -0.05) is 42.8 Å². The number of nitrogens with one attached hydrogen (secondary N) is 1. The first-order valence-electron chi connectivity index (χ1n) is 9.78. The highest BCUT2D eigenvalue weighted by atomic mass is 32.2. The number of hydrogen-bond donors (Lipinski definition) is 1. The molecule has 1 atom stereocenters. The summed E-state index contributed by atoms with van der Waals surface area (Å²) < 4.78 is 40.2. The molecule has 0 bridgehead atoms. The minimum absolute atomic E-state index is 0.254. The zero-order chi connectivity index (χ0) is 20.2. The molecule has 28 heavy (non-hydrogen) atoms. The Hall–Kier alpha value is -1.03. The van der Waals surface area contributed by atoms with Crippen molar-refractivity contribution < 1.29 is 13.2 Å². The predicted molar refractivity (Wildman–Crippen MR) is 117 cm³/mol. The number of benzene rings is 2. The SMILES string of the molecule is FC(F)(F)c1cc(SCCCCCc2ccccc2)ccc1CNCCCP. The van der Waals surface area contributed by atoms with Gasteiger partial charge in [-0.05, 0) is 67.4 Å². The largest absolute Gasteiger partial charge is 0.416 e. The van der Waals surface area contributed by atoms with E-state index in [1.165, 1.54) is 23.4 Å². The molecule has 1 N–H and O–H groups in total. The van der Waals surface area contributed by atoms with Crippen LogP contribution in [0.3, 0.4) is 0 Å². The number of aryl methyl sites for hydroxylation is 1. The Labute approximate surface area is 173 Å². The highest BCUT2D eigenvalue weighted by molar-refractivity contribution is 7.99. The Balaban J connectivity index is 1.79. The van der Waals surface area contributed by atoms with Gasteiger partial charge in [-0.15, -0.1) is 21.0 Å². The molecule has 0 saturated heterocycles. The molecule has 2 aromatic carbocycles. The van der Waals surface area contributed by atoms with E-state index < -0.39 is 11.7 Å². The Morgan fingerprint density at radius 1 is 0.929 bits per heavy atom. The van der Waals surface area contributed by atoms with Crippen molar-refractivity contribution in [2.45, 2.75) is 49.7 Å². The lowest BCUT2D eigenvalue weighted by Crippen LogP contribution is -2.19. The summed E-state index contributed by atoms with van der Waals surface area (Å²) in [5.74, 6) is 0.845. The molecule has 1 nitrogen and oxygen atoms in total. The van der Waals surface area contributed by atoms with E-state index in [9.17, 15) is 13.2 Å². The Morgan fingerprint density at radius 3 is 2.43 bits per heavy atom. The Kier molecular flexibility index (Phi) is 10.4. The van der Waals surface area contributed by atoms with Crippen molar-refractivity contribution >= 4 is 21.0 Å². The van der Waals surface area contributed by atoms with Crippen LogP contribution in [0.5, 0.6) is 0 Å². The van der Waals surface area contributed by atoms with Gasteiger partial charge in [0.05, 0.1) is 5.56 Å². The van der Waals surface area contributed by atoms with E-state index in [1.807, 2.05) is 24.3 Å². The molecule has 0 aliphatic heterocycles. The van der Waals surface area contributed by atoms with E-state index >= 15 is 0 Å². The lowest BCUT2D eigenvalue weighted by molar-refractivity contribution is -0.138. The topological polar surface area (TPSA) is 12.0 Å². The number of thioether (sulfide) groups is 1. The fourth-order valence-electron chi connectivity index (χ4n) is 2.96. The van der Waals surface area contributed by atoms with E-state index in [0.717, 1.165) is 50.6 Å². The standard InChI is InChI=1S/C22H29F3NPS/c23-22(24,25)21-16-20(12-11-19(21)17-26-13-7-14-27)28-15-6-2-5-10-18-8-3-1-4-9-18/h1,3-4,8-9,11-12,16,26H,2,5-7,10,13-15,17,27H2. The van der Waals surface area contributed by atoms with Crippen molar-refractivity contribution in [1.82, 2.24) is 5.32 Å². The van der Waals surface area contributed by atoms with E-state index in [4.69, 9.17) is 0 Å². The van der Waals surface area contributed by atoms with Gasteiger partial charge in [-0.2, -0.15) is 13.2 Å². The van der Waals surface area contributed by atoms with Gasteiger partial charge in [0.15, 0.2) is 0 Å². The molecule has 0 aliphatic carbocycles. The van der Waals surface area contributed by atoms with Gasteiger partial charge in [0.2, 0.25) is 0 Å². The Morgan fingerprint density at radius 2 is 1.71 bits per heavy atom. The van der Waals surface area contributed by atoms with Crippen LogP contribution in [0.2, 0.25) is 0 Å². The minimum atomic E-state index is -4.32. The summed E-state index contributed by atoms with van der Waals surface area (Å²) in [7, 11) is 2.62. The van der Waals surface area contributed by atoms with Crippen LogP contribution in [-0.4, -0.2) is 18.5 Å². The number of rotatable bonds is 12. The van der Waals surface area contributed by atoms with Crippen molar-refractivity contribution in [2.75, 3.05) is 18.5 Å². The molecule has 0 aliphatic rings. The van der Waals surface area contributed by atoms with Gasteiger partial charge in [-0.3, -0.25) is 0 Å². The van der Waals surface area contributed by atoms with Crippen LogP contribution in [0.1, 0.15) is 42.4 Å². The van der Waals surface area contributed by atoms with Crippen LogP contribution in [0, 0.1) is 0 Å². The summed E-state index contributed by atoms with van der Waals surface area (Å²) in [4.78, 5) is 0.698. The third kappa shape index (κ3) is 8.55.